The lowest BCUT2D eigenvalue weighted by Crippen LogP contribution is -2.58. The minimum Gasteiger partial charge on any atom is -0.480 e. The molecule has 8 nitrogen and oxygen atoms in total. The molecule has 142 valence electrons. The lowest BCUT2D eigenvalue weighted by molar-refractivity contribution is -0.152. The summed E-state index contributed by atoms with van der Waals surface area (Å²) in [5.41, 5.74) is -1.85. The van der Waals surface area contributed by atoms with Gasteiger partial charge in [-0.05, 0) is 53.4 Å². The molecule has 0 aromatic heterocycles. The van der Waals surface area contributed by atoms with Gasteiger partial charge in [-0.3, -0.25) is 4.79 Å². The average molecular weight is 356 g/mol. The number of carboxylic acids is 1. The number of carbonyl (C=O) groups is 3. The molecule has 2 saturated heterocycles. The zero-order valence-corrected chi connectivity index (χ0v) is 15.2. The van der Waals surface area contributed by atoms with E-state index in [1.54, 1.807) is 27.7 Å². The number of hydrogen-bond acceptors (Lipinski definition) is 5. The van der Waals surface area contributed by atoms with Gasteiger partial charge in [-0.15, -0.1) is 0 Å². The SMILES string of the molecule is CC(C)(C)OC(=O)N[C@H]1C[C@](C)(O)CC[C@H]2CC[C@@H](C(=O)O)N2C1=O. The molecular formula is C17H28N2O6. The predicted octanol–water partition coefficient (Wildman–Crippen LogP) is 1.26. The first-order valence-electron chi connectivity index (χ1n) is 8.66. The van der Waals surface area contributed by atoms with Crippen LogP contribution in [0.5, 0.6) is 0 Å². The average Bonchev–Trinajstić information content (AvgIpc) is 2.84. The Morgan fingerprint density at radius 3 is 2.48 bits per heavy atom. The summed E-state index contributed by atoms with van der Waals surface area (Å²) in [6, 6.07) is -2.14. The van der Waals surface area contributed by atoms with Gasteiger partial charge in [0.25, 0.3) is 0 Å². The van der Waals surface area contributed by atoms with Gasteiger partial charge in [-0.2, -0.15) is 0 Å². The smallest absolute Gasteiger partial charge is 0.408 e. The van der Waals surface area contributed by atoms with E-state index in [1.165, 1.54) is 4.90 Å². The van der Waals surface area contributed by atoms with Crippen molar-refractivity contribution in [2.75, 3.05) is 0 Å². The van der Waals surface area contributed by atoms with Crippen LogP contribution in [0.25, 0.3) is 0 Å². The van der Waals surface area contributed by atoms with Gasteiger partial charge in [0.2, 0.25) is 5.91 Å². The van der Waals surface area contributed by atoms with E-state index in [0.717, 1.165) is 0 Å². The van der Waals surface area contributed by atoms with Crippen LogP contribution in [-0.4, -0.2) is 62.4 Å². The van der Waals surface area contributed by atoms with E-state index in [1.807, 2.05) is 0 Å². The van der Waals surface area contributed by atoms with Crippen molar-refractivity contribution in [2.45, 2.75) is 89.1 Å². The summed E-state index contributed by atoms with van der Waals surface area (Å²) in [6.45, 7) is 6.75. The monoisotopic (exact) mass is 356 g/mol. The number of nitrogens with zero attached hydrogens (tertiary/aromatic N) is 1. The van der Waals surface area contributed by atoms with Crippen molar-refractivity contribution in [1.82, 2.24) is 10.2 Å². The van der Waals surface area contributed by atoms with Crippen LogP contribution < -0.4 is 5.32 Å². The van der Waals surface area contributed by atoms with Crippen LogP contribution in [0.3, 0.4) is 0 Å². The minimum absolute atomic E-state index is 0.0145. The highest BCUT2D eigenvalue weighted by Crippen LogP contribution is 2.34. The lowest BCUT2D eigenvalue weighted by atomic mass is 9.87. The van der Waals surface area contributed by atoms with E-state index < -0.39 is 41.3 Å². The van der Waals surface area contributed by atoms with Crippen LogP contribution in [0.1, 0.15) is 59.8 Å². The van der Waals surface area contributed by atoms with Gasteiger partial charge in [0.15, 0.2) is 0 Å². The number of aliphatic hydroxyl groups is 1. The number of alkyl carbamates (subject to hydrolysis) is 1. The Kier molecular flexibility index (Phi) is 5.32. The Morgan fingerprint density at radius 2 is 1.92 bits per heavy atom. The number of ether oxygens (including phenoxy) is 1. The van der Waals surface area contributed by atoms with Crippen molar-refractivity contribution in [3.8, 4) is 0 Å². The Balaban J connectivity index is 2.23. The van der Waals surface area contributed by atoms with Crippen molar-refractivity contribution < 1.29 is 29.3 Å². The van der Waals surface area contributed by atoms with Crippen molar-refractivity contribution in [2.24, 2.45) is 0 Å². The number of nitrogens with one attached hydrogen (secondary N) is 1. The number of fused-ring (bicyclic) bond motifs is 1. The molecule has 25 heavy (non-hydrogen) atoms. The van der Waals surface area contributed by atoms with Crippen LogP contribution in [0.4, 0.5) is 4.79 Å². The van der Waals surface area contributed by atoms with Gasteiger partial charge in [-0.1, -0.05) is 0 Å². The van der Waals surface area contributed by atoms with E-state index in [4.69, 9.17) is 4.74 Å². The molecule has 2 amide bonds. The molecule has 0 spiro atoms. The molecule has 0 radical (unpaired) electrons. The molecule has 0 unspecified atom stereocenters. The predicted molar refractivity (Wildman–Crippen MR) is 88.9 cm³/mol. The topological polar surface area (TPSA) is 116 Å². The summed E-state index contributed by atoms with van der Waals surface area (Å²) in [5.74, 6) is -1.51. The summed E-state index contributed by atoms with van der Waals surface area (Å²) < 4.78 is 5.20. The van der Waals surface area contributed by atoms with Gasteiger partial charge >= 0.3 is 12.1 Å². The highest BCUT2D eigenvalue weighted by Gasteiger charge is 2.47. The van der Waals surface area contributed by atoms with E-state index in [9.17, 15) is 24.6 Å². The van der Waals surface area contributed by atoms with Crippen molar-refractivity contribution >= 4 is 18.0 Å². The fourth-order valence-electron chi connectivity index (χ4n) is 3.59. The number of carbonyl (C=O) groups excluding carboxylic acids is 2. The fourth-order valence-corrected chi connectivity index (χ4v) is 3.59. The lowest BCUT2D eigenvalue weighted by Gasteiger charge is -2.39. The maximum Gasteiger partial charge on any atom is 0.408 e. The molecule has 2 fully saturated rings. The summed E-state index contributed by atoms with van der Waals surface area (Å²) >= 11 is 0. The highest BCUT2D eigenvalue weighted by atomic mass is 16.6. The zero-order chi connectivity index (χ0) is 19.0. The maximum atomic E-state index is 13.0. The van der Waals surface area contributed by atoms with Gasteiger partial charge in [-0.25, -0.2) is 9.59 Å². The summed E-state index contributed by atoms with van der Waals surface area (Å²) in [5, 5.41) is 22.4. The van der Waals surface area contributed by atoms with Crippen molar-refractivity contribution in [3.05, 3.63) is 0 Å². The van der Waals surface area contributed by atoms with E-state index in [2.05, 4.69) is 5.32 Å². The maximum absolute atomic E-state index is 13.0. The van der Waals surface area contributed by atoms with E-state index in [0.29, 0.717) is 25.7 Å². The number of rotatable bonds is 2. The third-order valence-corrected chi connectivity index (χ3v) is 4.69. The molecule has 0 aromatic rings. The summed E-state index contributed by atoms with van der Waals surface area (Å²) in [6.07, 6.45) is 1.19. The molecule has 2 aliphatic rings. The summed E-state index contributed by atoms with van der Waals surface area (Å²) in [7, 11) is 0. The van der Waals surface area contributed by atoms with E-state index in [-0.39, 0.29) is 12.5 Å². The Labute approximate surface area is 147 Å². The number of hydrogen-bond donors (Lipinski definition) is 3. The fraction of sp³-hybridized carbons (Fsp3) is 0.824. The number of amides is 2. The molecule has 8 heteroatoms. The number of aliphatic carboxylic acids is 1. The first-order chi connectivity index (χ1) is 11.4. The van der Waals surface area contributed by atoms with Crippen LogP contribution in [0, 0.1) is 0 Å². The number of carboxylic acid groups (broad SMARTS) is 1. The van der Waals surface area contributed by atoms with Gasteiger partial charge in [0.05, 0.1) is 5.60 Å². The molecule has 0 saturated carbocycles. The van der Waals surface area contributed by atoms with Crippen molar-refractivity contribution in [3.63, 3.8) is 0 Å². The summed E-state index contributed by atoms with van der Waals surface area (Å²) in [4.78, 5) is 37.9. The van der Waals surface area contributed by atoms with Crippen molar-refractivity contribution in [1.29, 1.82) is 0 Å². The molecule has 0 aromatic carbocycles. The normalized spacial score (nSPS) is 33.2. The Hall–Kier alpha value is -1.83. The molecule has 4 atom stereocenters. The highest BCUT2D eigenvalue weighted by molar-refractivity contribution is 5.90. The Morgan fingerprint density at radius 1 is 1.28 bits per heavy atom. The third kappa shape index (κ3) is 4.84. The van der Waals surface area contributed by atoms with E-state index >= 15 is 0 Å². The van der Waals surface area contributed by atoms with Gasteiger partial charge < -0.3 is 25.2 Å². The molecule has 0 aliphatic carbocycles. The minimum atomic E-state index is -1.12. The molecule has 2 rings (SSSR count). The third-order valence-electron chi connectivity index (χ3n) is 4.69. The van der Waals surface area contributed by atoms with Gasteiger partial charge in [0, 0.05) is 12.5 Å². The molecule has 0 bridgehead atoms. The first-order valence-corrected chi connectivity index (χ1v) is 8.66. The van der Waals surface area contributed by atoms with Gasteiger partial charge in [0.1, 0.15) is 17.7 Å². The van der Waals surface area contributed by atoms with Crippen LogP contribution >= 0.6 is 0 Å². The largest absolute Gasteiger partial charge is 0.480 e. The molecular weight excluding hydrogens is 328 g/mol. The van der Waals surface area contributed by atoms with Crippen LogP contribution in [0.15, 0.2) is 0 Å². The molecule has 3 N–H and O–H groups in total. The Bertz CT molecular complexity index is 554. The molecule has 2 aliphatic heterocycles. The molecule has 2 heterocycles. The first kappa shape index (κ1) is 19.5. The van der Waals surface area contributed by atoms with Crippen LogP contribution in [0.2, 0.25) is 0 Å². The standard InChI is InChI=1S/C17H28N2O6/c1-16(2,3)25-15(23)18-11-9-17(4,24)8-7-10-5-6-12(14(21)22)19(10)13(11)20/h10-12,24H,5-9H2,1-4H3,(H,18,23)(H,21,22)/t10-,11+,12+,17-/m1/s1. The second-order valence-electron chi connectivity index (χ2n) is 8.27. The second kappa shape index (κ2) is 6.82. The van der Waals surface area contributed by atoms with Crippen LogP contribution in [-0.2, 0) is 14.3 Å². The zero-order valence-electron chi connectivity index (χ0n) is 15.2. The second-order valence-corrected chi connectivity index (χ2v) is 8.27. The quantitative estimate of drug-likeness (QED) is 0.686.